The number of nitrogens with one attached hydrogen (secondary N) is 1. The van der Waals surface area contributed by atoms with E-state index in [4.69, 9.17) is 13.6 Å². The molecule has 5 nitrogen and oxygen atoms in total. The number of hydrogen-bond donors (Lipinski definition) is 1. The number of rotatable bonds is 7. The van der Waals surface area contributed by atoms with E-state index in [0.29, 0.717) is 18.9 Å². The van der Waals surface area contributed by atoms with Gasteiger partial charge in [-0.25, -0.2) is 0 Å². The molecular weight excluding hydrogens is 414 g/mol. The fraction of sp³-hybridized carbons (Fsp3) is 0.250. The van der Waals surface area contributed by atoms with Gasteiger partial charge >= 0.3 is 0 Å². The molecule has 1 amide bonds. The first-order valence-electron chi connectivity index (χ1n) is 11.1. The summed E-state index contributed by atoms with van der Waals surface area (Å²) in [4.78, 5) is 12.6. The minimum Gasteiger partial charge on any atom is -0.493 e. The van der Waals surface area contributed by atoms with Crippen LogP contribution in [0.15, 0.2) is 63.8 Å². The van der Waals surface area contributed by atoms with Crippen molar-refractivity contribution in [3.8, 4) is 16.9 Å². The van der Waals surface area contributed by atoms with E-state index in [1.807, 2.05) is 33.1 Å². The van der Waals surface area contributed by atoms with Crippen molar-refractivity contribution in [2.75, 3.05) is 6.61 Å². The highest BCUT2D eigenvalue weighted by Crippen LogP contribution is 2.41. The summed E-state index contributed by atoms with van der Waals surface area (Å²) >= 11 is 0. The van der Waals surface area contributed by atoms with Crippen molar-refractivity contribution in [3.05, 3.63) is 83.0 Å². The minimum absolute atomic E-state index is 0.189. The Hall–Kier alpha value is -3.73. The third kappa shape index (κ3) is 4.58. The van der Waals surface area contributed by atoms with Crippen LogP contribution in [0.5, 0.6) is 5.75 Å². The Kier molecular flexibility index (Phi) is 6.40. The van der Waals surface area contributed by atoms with Crippen LogP contribution in [0.25, 0.3) is 27.7 Å². The second-order valence-electron chi connectivity index (χ2n) is 8.28. The standard InChI is InChI=1S/C28H29NO4/c1-6-31-27-20(5)28-24(25(16-33-28)22-10-9-17(2)12-18(22)3)14-23(27)19(4)13-26(30)29-15-21-8-7-11-32-21/h7-14,16H,6,15H2,1-5H3,(H,29,30)/b19-13+. The van der Waals surface area contributed by atoms with Gasteiger partial charge in [-0.3, -0.25) is 4.79 Å². The van der Waals surface area contributed by atoms with Crippen LogP contribution in [0.3, 0.4) is 0 Å². The van der Waals surface area contributed by atoms with Crippen LogP contribution in [-0.2, 0) is 11.3 Å². The van der Waals surface area contributed by atoms with E-state index in [0.717, 1.165) is 44.5 Å². The molecule has 2 aromatic carbocycles. The monoisotopic (exact) mass is 443 g/mol. The molecule has 0 unspecified atom stereocenters. The summed E-state index contributed by atoms with van der Waals surface area (Å²) in [7, 11) is 0. The number of fused-ring (bicyclic) bond motifs is 1. The fourth-order valence-electron chi connectivity index (χ4n) is 4.18. The molecule has 4 rings (SSSR count). The van der Waals surface area contributed by atoms with E-state index in [2.05, 4.69) is 43.4 Å². The van der Waals surface area contributed by atoms with Crippen LogP contribution >= 0.6 is 0 Å². The van der Waals surface area contributed by atoms with Crippen LogP contribution < -0.4 is 10.1 Å². The van der Waals surface area contributed by atoms with Crippen molar-refractivity contribution in [3.63, 3.8) is 0 Å². The summed E-state index contributed by atoms with van der Waals surface area (Å²) in [6, 6.07) is 12.1. The number of aryl methyl sites for hydroxylation is 3. The van der Waals surface area contributed by atoms with Gasteiger partial charge in [-0.05, 0) is 69.5 Å². The molecule has 0 radical (unpaired) electrons. The number of benzene rings is 2. The predicted molar refractivity (Wildman–Crippen MR) is 131 cm³/mol. The second kappa shape index (κ2) is 9.41. The number of carbonyl (C=O) groups excluding carboxylic acids is 1. The van der Waals surface area contributed by atoms with Gasteiger partial charge in [-0.1, -0.05) is 23.8 Å². The maximum Gasteiger partial charge on any atom is 0.244 e. The van der Waals surface area contributed by atoms with E-state index in [-0.39, 0.29) is 5.91 Å². The molecule has 0 aliphatic carbocycles. The Morgan fingerprint density at radius 3 is 2.61 bits per heavy atom. The summed E-state index contributed by atoms with van der Waals surface area (Å²) in [5.41, 5.74) is 7.98. The first kappa shape index (κ1) is 22.5. The molecule has 0 saturated heterocycles. The van der Waals surface area contributed by atoms with Gasteiger partial charge in [0, 0.05) is 28.2 Å². The van der Waals surface area contributed by atoms with Gasteiger partial charge in [0.25, 0.3) is 0 Å². The first-order valence-corrected chi connectivity index (χ1v) is 11.1. The topological polar surface area (TPSA) is 64.6 Å². The average molecular weight is 444 g/mol. The number of hydrogen-bond acceptors (Lipinski definition) is 4. The number of furan rings is 2. The maximum atomic E-state index is 12.6. The van der Waals surface area contributed by atoms with E-state index in [1.165, 1.54) is 11.1 Å². The highest BCUT2D eigenvalue weighted by Gasteiger charge is 2.20. The van der Waals surface area contributed by atoms with Gasteiger partial charge in [-0.15, -0.1) is 0 Å². The van der Waals surface area contributed by atoms with E-state index in [9.17, 15) is 4.79 Å². The zero-order chi connectivity index (χ0) is 23.5. The van der Waals surface area contributed by atoms with E-state index >= 15 is 0 Å². The normalized spacial score (nSPS) is 11.7. The average Bonchev–Trinajstić information content (AvgIpc) is 3.44. The highest BCUT2D eigenvalue weighted by molar-refractivity contribution is 6.02. The molecule has 2 aromatic heterocycles. The largest absolute Gasteiger partial charge is 0.493 e. The second-order valence-corrected chi connectivity index (χ2v) is 8.28. The molecule has 0 fully saturated rings. The van der Waals surface area contributed by atoms with Gasteiger partial charge < -0.3 is 18.9 Å². The molecule has 0 spiro atoms. The van der Waals surface area contributed by atoms with Crippen LogP contribution in [0.4, 0.5) is 0 Å². The summed E-state index contributed by atoms with van der Waals surface area (Å²) in [6.45, 7) is 10.9. The van der Waals surface area contributed by atoms with Crippen molar-refractivity contribution in [1.29, 1.82) is 0 Å². The number of ether oxygens (including phenoxy) is 1. The molecule has 0 aliphatic rings. The molecule has 4 aromatic rings. The molecule has 33 heavy (non-hydrogen) atoms. The van der Waals surface area contributed by atoms with Gasteiger partial charge in [-0.2, -0.15) is 0 Å². The van der Waals surface area contributed by atoms with Crippen molar-refractivity contribution in [2.45, 2.75) is 41.2 Å². The molecular formula is C28H29NO4. The SMILES string of the molecule is CCOc1c(/C(C)=C/C(=O)NCc2ccco2)cc2c(-c3ccc(C)cc3C)coc2c1C. The predicted octanol–water partition coefficient (Wildman–Crippen LogP) is 6.74. The molecule has 0 bridgehead atoms. The van der Waals surface area contributed by atoms with Crippen molar-refractivity contribution < 1.29 is 18.4 Å². The number of carbonyl (C=O) groups is 1. The highest BCUT2D eigenvalue weighted by atomic mass is 16.5. The minimum atomic E-state index is -0.189. The van der Waals surface area contributed by atoms with Crippen molar-refractivity contribution in [2.24, 2.45) is 0 Å². The molecule has 170 valence electrons. The Morgan fingerprint density at radius 1 is 1.09 bits per heavy atom. The van der Waals surface area contributed by atoms with Crippen molar-refractivity contribution >= 4 is 22.4 Å². The number of allylic oxidation sites excluding steroid dienone is 1. The lowest BCUT2D eigenvalue weighted by Crippen LogP contribution is -2.20. The van der Waals surface area contributed by atoms with Crippen molar-refractivity contribution in [1.82, 2.24) is 5.32 Å². The lowest BCUT2D eigenvalue weighted by molar-refractivity contribution is -0.116. The van der Waals surface area contributed by atoms with Gasteiger partial charge in [0.2, 0.25) is 5.91 Å². The Morgan fingerprint density at radius 2 is 1.91 bits per heavy atom. The quantitative estimate of drug-likeness (QED) is 0.321. The first-order chi connectivity index (χ1) is 15.9. The Balaban J connectivity index is 1.77. The summed E-state index contributed by atoms with van der Waals surface area (Å²) in [5, 5.41) is 3.87. The fourth-order valence-corrected chi connectivity index (χ4v) is 4.18. The molecule has 2 heterocycles. The Bertz CT molecular complexity index is 1330. The van der Waals surface area contributed by atoms with Gasteiger partial charge in [0.05, 0.1) is 25.7 Å². The summed E-state index contributed by atoms with van der Waals surface area (Å²) < 4.78 is 17.3. The third-order valence-electron chi connectivity index (χ3n) is 5.79. The zero-order valence-electron chi connectivity index (χ0n) is 19.7. The number of amides is 1. The lowest BCUT2D eigenvalue weighted by Gasteiger charge is -2.15. The van der Waals surface area contributed by atoms with Crippen LogP contribution in [0.1, 0.15) is 41.9 Å². The van der Waals surface area contributed by atoms with Gasteiger partial charge in [0.15, 0.2) is 0 Å². The summed E-state index contributed by atoms with van der Waals surface area (Å²) in [5.74, 6) is 1.25. The molecule has 0 atom stereocenters. The van der Waals surface area contributed by atoms with Crippen LogP contribution in [0, 0.1) is 20.8 Å². The third-order valence-corrected chi connectivity index (χ3v) is 5.79. The van der Waals surface area contributed by atoms with Crippen LogP contribution in [-0.4, -0.2) is 12.5 Å². The maximum absolute atomic E-state index is 12.6. The molecule has 1 N–H and O–H groups in total. The summed E-state index contributed by atoms with van der Waals surface area (Å²) in [6.07, 6.45) is 5.00. The molecule has 0 saturated carbocycles. The van der Waals surface area contributed by atoms with E-state index in [1.54, 1.807) is 18.4 Å². The lowest BCUT2D eigenvalue weighted by atomic mass is 9.94. The van der Waals surface area contributed by atoms with Gasteiger partial charge in [0.1, 0.15) is 17.1 Å². The smallest absolute Gasteiger partial charge is 0.244 e. The molecule has 5 heteroatoms. The van der Waals surface area contributed by atoms with Crippen LogP contribution in [0.2, 0.25) is 0 Å². The molecule has 0 aliphatic heterocycles. The van der Waals surface area contributed by atoms with E-state index < -0.39 is 0 Å². The zero-order valence-corrected chi connectivity index (χ0v) is 19.7. The Labute approximate surface area is 194 Å².